The Morgan fingerprint density at radius 1 is 1.05 bits per heavy atom. The fourth-order valence-electron chi connectivity index (χ4n) is 3.68. The van der Waals surface area contributed by atoms with Crippen LogP contribution in [0.4, 0.5) is 0 Å². The largest absolute Gasteiger partial charge is 0.390 e. The average molecular weight is 313 g/mol. The van der Waals surface area contributed by atoms with E-state index >= 15 is 0 Å². The van der Waals surface area contributed by atoms with Crippen LogP contribution in [0.1, 0.15) is 26.7 Å². The van der Waals surface area contributed by atoms with Crippen molar-refractivity contribution in [3.05, 3.63) is 0 Å². The smallest absolute Gasteiger partial charge is 0.0793 e. The maximum atomic E-state index is 10.4. The Kier molecular flexibility index (Phi) is 7.57. The summed E-state index contributed by atoms with van der Waals surface area (Å²) in [5, 5.41) is 10.4. The molecule has 0 aromatic rings. The average Bonchev–Trinajstić information content (AvgIpc) is 2.49. The zero-order chi connectivity index (χ0) is 15.9. The number of aliphatic hydroxyl groups excluding tert-OH is 1. The summed E-state index contributed by atoms with van der Waals surface area (Å²) < 4.78 is 5.18. The van der Waals surface area contributed by atoms with E-state index < -0.39 is 0 Å². The van der Waals surface area contributed by atoms with Crippen molar-refractivity contribution in [2.24, 2.45) is 5.92 Å². The molecular formula is C17H35N3O2. The van der Waals surface area contributed by atoms with Crippen molar-refractivity contribution in [3.8, 4) is 0 Å². The molecule has 2 rings (SSSR count). The molecule has 2 aliphatic rings. The molecule has 0 amide bonds. The first-order valence-corrected chi connectivity index (χ1v) is 8.94. The van der Waals surface area contributed by atoms with Gasteiger partial charge in [-0.15, -0.1) is 0 Å². The van der Waals surface area contributed by atoms with Gasteiger partial charge in [-0.1, -0.05) is 6.92 Å². The Morgan fingerprint density at radius 2 is 1.73 bits per heavy atom. The Balaban J connectivity index is 1.66. The molecular weight excluding hydrogens is 278 g/mol. The molecule has 0 spiro atoms. The molecule has 130 valence electrons. The fraction of sp³-hybridized carbons (Fsp3) is 1.00. The number of likely N-dealkylation sites (tertiary alicyclic amines) is 1. The van der Waals surface area contributed by atoms with E-state index in [1.807, 2.05) is 0 Å². The Bertz CT molecular complexity index is 308. The fourth-order valence-corrected chi connectivity index (χ4v) is 3.68. The van der Waals surface area contributed by atoms with Gasteiger partial charge in [-0.25, -0.2) is 0 Å². The molecule has 0 aromatic carbocycles. The van der Waals surface area contributed by atoms with Gasteiger partial charge in [0.15, 0.2) is 0 Å². The summed E-state index contributed by atoms with van der Waals surface area (Å²) in [7, 11) is 1.76. The van der Waals surface area contributed by atoms with E-state index in [9.17, 15) is 5.11 Å². The molecule has 0 aliphatic carbocycles. The molecule has 2 aliphatic heterocycles. The molecule has 0 aromatic heterocycles. The topological polar surface area (TPSA) is 39.2 Å². The van der Waals surface area contributed by atoms with Crippen LogP contribution in [0.5, 0.6) is 0 Å². The first kappa shape index (κ1) is 18.1. The lowest BCUT2D eigenvalue weighted by Gasteiger charge is -2.41. The van der Waals surface area contributed by atoms with Crippen LogP contribution < -0.4 is 0 Å². The van der Waals surface area contributed by atoms with E-state index in [2.05, 4.69) is 28.5 Å². The second-order valence-electron chi connectivity index (χ2n) is 7.27. The predicted octanol–water partition coefficient (Wildman–Crippen LogP) is 0.732. The lowest BCUT2D eigenvalue weighted by Crippen LogP contribution is -2.54. The van der Waals surface area contributed by atoms with Crippen molar-refractivity contribution in [3.63, 3.8) is 0 Å². The summed E-state index contributed by atoms with van der Waals surface area (Å²) >= 11 is 0. The molecule has 0 unspecified atom stereocenters. The van der Waals surface area contributed by atoms with E-state index in [4.69, 9.17) is 4.74 Å². The van der Waals surface area contributed by atoms with Crippen LogP contribution in [-0.2, 0) is 4.74 Å². The second kappa shape index (κ2) is 9.18. The molecule has 2 fully saturated rings. The van der Waals surface area contributed by atoms with Crippen molar-refractivity contribution in [2.75, 3.05) is 66.1 Å². The zero-order valence-electron chi connectivity index (χ0n) is 14.7. The molecule has 0 bridgehead atoms. The number of ether oxygens (including phenoxy) is 1. The van der Waals surface area contributed by atoms with E-state index in [0.29, 0.717) is 6.04 Å². The minimum Gasteiger partial charge on any atom is -0.390 e. The summed E-state index contributed by atoms with van der Waals surface area (Å²) in [5.41, 5.74) is 0. The maximum absolute atomic E-state index is 10.4. The van der Waals surface area contributed by atoms with Gasteiger partial charge >= 0.3 is 0 Å². The highest BCUT2D eigenvalue weighted by Crippen LogP contribution is 2.16. The van der Waals surface area contributed by atoms with Gasteiger partial charge < -0.3 is 14.7 Å². The van der Waals surface area contributed by atoms with Crippen LogP contribution in [-0.4, -0.2) is 98.0 Å². The van der Waals surface area contributed by atoms with Crippen molar-refractivity contribution in [2.45, 2.75) is 38.8 Å². The monoisotopic (exact) mass is 313 g/mol. The van der Waals surface area contributed by atoms with Crippen molar-refractivity contribution in [1.29, 1.82) is 0 Å². The van der Waals surface area contributed by atoms with Crippen LogP contribution >= 0.6 is 0 Å². The molecule has 2 saturated heterocycles. The molecule has 2 heterocycles. The van der Waals surface area contributed by atoms with Gasteiger partial charge in [-0.3, -0.25) is 9.80 Å². The van der Waals surface area contributed by atoms with Crippen LogP contribution in [0.25, 0.3) is 0 Å². The Labute approximate surface area is 136 Å². The lowest BCUT2D eigenvalue weighted by molar-refractivity contribution is 0.0194. The normalized spacial score (nSPS) is 28.1. The van der Waals surface area contributed by atoms with Gasteiger partial charge in [0.2, 0.25) is 0 Å². The standard InChI is InChI=1S/C17H35N3O2/c1-15-4-6-18(7-5-15)13-17(21)14-19-8-9-20(10-11-22-3)16(2)12-19/h15-17,21H,4-14H2,1-3H3/t16-,17+/m0/s1. The highest BCUT2D eigenvalue weighted by atomic mass is 16.5. The summed E-state index contributed by atoms with van der Waals surface area (Å²) in [6, 6.07) is 0.548. The first-order valence-electron chi connectivity index (χ1n) is 8.94. The summed E-state index contributed by atoms with van der Waals surface area (Å²) in [5.74, 6) is 0.856. The third-order valence-corrected chi connectivity index (χ3v) is 5.25. The van der Waals surface area contributed by atoms with Gasteiger partial charge in [-0.05, 0) is 38.8 Å². The van der Waals surface area contributed by atoms with Crippen LogP contribution in [0.3, 0.4) is 0 Å². The van der Waals surface area contributed by atoms with Crippen LogP contribution in [0.15, 0.2) is 0 Å². The second-order valence-corrected chi connectivity index (χ2v) is 7.27. The third kappa shape index (κ3) is 5.78. The SMILES string of the molecule is COCCN1CCN(C[C@H](O)CN2CCC(C)CC2)C[C@@H]1C. The summed E-state index contributed by atoms with van der Waals surface area (Å²) in [4.78, 5) is 7.34. The summed E-state index contributed by atoms with van der Waals surface area (Å²) in [6.45, 7) is 13.6. The maximum Gasteiger partial charge on any atom is 0.0793 e. The van der Waals surface area contributed by atoms with Crippen molar-refractivity contribution < 1.29 is 9.84 Å². The summed E-state index contributed by atoms with van der Waals surface area (Å²) in [6.07, 6.45) is 2.34. The van der Waals surface area contributed by atoms with Crippen LogP contribution in [0.2, 0.25) is 0 Å². The number of aliphatic hydroxyl groups is 1. The highest BCUT2D eigenvalue weighted by molar-refractivity contribution is 4.81. The molecule has 22 heavy (non-hydrogen) atoms. The number of piperidine rings is 1. The van der Waals surface area contributed by atoms with Gasteiger partial charge in [-0.2, -0.15) is 0 Å². The molecule has 0 radical (unpaired) electrons. The molecule has 0 saturated carbocycles. The quantitative estimate of drug-likeness (QED) is 0.750. The van der Waals surface area contributed by atoms with Crippen molar-refractivity contribution >= 4 is 0 Å². The Morgan fingerprint density at radius 3 is 2.36 bits per heavy atom. The van der Waals surface area contributed by atoms with E-state index in [0.717, 1.165) is 64.9 Å². The number of nitrogens with zero attached hydrogens (tertiary/aromatic N) is 3. The van der Waals surface area contributed by atoms with Gasteiger partial charge in [0.1, 0.15) is 0 Å². The Hall–Kier alpha value is -0.200. The van der Waals surface area contributed by atoms with Crippen LogP contribution in [0, 0.1) is 5.92 Å². The lowest BCUT2D eigenvalue weighted by atomic mass is 9.99. The number of hydrogen-bond acceptors (Lipinski definition) is 5. The third-order valence-electron chi connectivity index (χ3n) is 5.25. The van der Waals surface area contributed by atoms with E-state index in [1.165, 1.54) is 12.8 Å². The minimum atomic E-state index is -0.217. The predicted molar refractivity (Wildman–Crippen MR) is 90.2 cm³/mol. The van der Waals surface area contributed by atoms with E-state index in [1.54, 1.807) is 7.11 Å². The number of hydrogen-bond donors (Lipinski definition) is 1. The molecule has 2 atom stereocenters. The molecule has 5 nitrogen and oxygen atoms in total. The van der Waals surface area contributed by atoms with Gasteiger partial charge in [0, 0.05) is 52.4 Å². The number of methoxy groups -OCH3 is 1. The first-order chi connectivity index (χ1) is 10.6. The number of β-amino-alcohol motifs (C(OH)–C–C–N with tert-alkyl or cyclic N) is 1. The van der Waals surface area contributed by atoms with Gasteiger partial charge in [0.25, 0.3) is 0 Å². The zero-order valence-corrected chi connectivity index (χ0v) is 14.7. The van der Waals surface area contributed by atoms with Crippen molar-refractivity contribution in [1.82, 2.24) is 14.7 Å². The number of piperazine rings is 1. The minimum absolute atomic E-state index is 0.217. The van der Waals surface area contributed by atoms with Gasteiger partial charge in [0.05, 0.1) is 12.7 Å². The molecule has 5 heteroatoms. The number of rotatable bonds is 7. The highest BCUT2D eigenvalue weighted by Gasteiger charge is 2.25. The van der Waals surface area contributed by atoms with E-state index in [-0.39, 0.29) is 6.10 Å². The molecule has 1 N–H and O–H groups in total.